The van der Waals surface area contributed by atoms with Gasteiger partial charge in [-0.3, -0.25) is 0 Å². The first-order chi connectivity index (χ1) is 9.82. The second-order valence-electron chi connectivity index (χ2n) is 6.59. The zero-order chi connectivity index (χ0) is 15.6. The van der Waals surface area contributed by atoms with E-state index in [1.165, 1.54) is 11.1 Å². The fourth-order valence-corrected chi connectivity index (χ4v) is 2.37. The fraction of sp³-hybridized carbons (Fsp3) is 0.316. The van der Waals surface area contributed by atoms with Crippen molar-refractivity contribution in [2.24, 2.45) is 5.16 Å². The minimum Gasteiger partial charge on any atom is -0.410 e. The van der Waals surface area contributed by atoms with Crippen LogP contribution in [0.25, 0.3) is 0 Å². The zero-order valence-electron chi connectivity index (χ0n) is 13.4. The van der Waals surface area contributed by atoms with Crippen LogP contribution in [-0.2, 0) is 5.41 Å². The highest BCUT2D eigenvalue weighted by Crippen LogP contribution is 2.25. The highest BCUT2D eigenvalue weighted by atomic mass is 16.4. The number of aryl methyl sites for hydroxylation is 2. The van der Waals surface area contributed by atoms with Gasteiger partial charge in [0.15, 0.2) is 0 Å². The van der Waals surface area contributed by atoms with Crippen LogP contribution in [0.3, 0.4) is 0 Å². The van der Waals surface area contributed by atoms with Crippen molar-refractivity contribution in [2.45, 2.75) is 40.0 Å². The molecule has 0 aliphatic carbocycles. The highest BCUT2D eigenvalue weighted by Gasteiger charge is 2.16. The summed E-state index contributed by atoms with van der Waals surface area (Å²) in [6, 6.07) is 14.4. The molecule has 0 amide bonds. The Morgan fingerprint density at radius 3 is 2.05 bits per heavy atom. The van der Waals surface area contributed by atoms with Crippen molar-refractivity contribution in [3.63, 3.8) is 0 Å². The Hall–Kier alpha value is -2.09. The van der Waals surface area contributed by atoms with Gasteiger partial charge >= 0.3 is 0 Å². The summed E-state index contributed by atoms with van der Waals surface area (Å²) >= 11 is 0. The monoisotopic (exact) mass is 281 g/mol. The smallest absolute Gasteiger partial charge is 0.117 e. The van der Waals surface area contributed by atoms with Crippen molar-refractivity contribution in [2.75, 3.05) is 0 Å². The molecule has 0 radical (unpaired) electrons. The number of oxime groups is 1. The molecular weight excluding hydrogens is 258 g/mol. The molecule has 1 N–H and O–H groups in total. The van der Waals surface area contributed by atoms with E-state index in [2.05, 4.69) is 45.0 Å². The van der Waals surface area contributed by atoms with Crippen molar-refractivity contribution in [3.8, 4) is 0 Å². The van der Waals surface area contributed by atoms with Gasteiger partial charge in [-0.1, -0.05) is 74.0 Å². The summed E-state index contributed by atoms with van der Waals surface area (Å²) in [7, 11) is 0. The molecule has 2 heteroatoms. The first-order valence-electron chi connectivity index (χ1n) is 7.23. The average molecular weight is 281 g/mol. The zero-order valence-corrected chi connectivity index (χ0v) is 13.4. The normalized spacial score (nSPS) is 12.5. The summed E-state index contributed by atoms with van der Waals surface area (Å²) in [4.78, 5) is 0. The minimum absolute atomic E-state index is 0.115. The largest absolute Gasteiger partial charge is 0.410 e. The first-order valence-corrected chi connectivity index (χ1v) is 7.23. The van der Waals surface area contributed by atoms with Crippen LogP contribution in [0.15, 0.2) is 47.6 Å². The Labute approximate surface area is 127 Å². The Balaban J connectivity index is 2.47. The number of benzene rings is 2. The highest BCUT2D eigenvalue weighted by molar-refractivity contribution is 6.13. The van der Waals surface area contributed by atoms with E-state index in [1.807, 2.05) is 37.3 Å². The maximum absolute atomic E-state index is 9.44. The molecule has 0 spiro atoms. The van der Waals surface area contributed by atoms with E-state index in [0.717, 1.165) is 16.7 Å². The molecule has 0 saturated heterocycles. The lowest BCUT2D eigenvalue weighted by molar-refractivity contribution is 0.319. The van der Waals surface area contributed by atoms with E-state index in [9.17, 15) is 5.21 Å². The van der Waals surface area contributed by atoms with Gasteiger partial charge < -0.3 is 5.21 Å². The molecule has 21 heavy (non-hydrogen) atoms. The number of nitrogens with zero attached hydrogens (tertiary/aromatic N) is 1. The van der Waals surface area contributed by atoms with E-state index < -0.39 is 0 Å². The van der Waals surface area contributed by atoms with Crippen molar-refractivity contribution >= 4 is 5.71 Å². The van der Waals surface area contributed by atoms with Crippen molar-refractivity contribution < 1.29 is 5.21 Å². The SMILES string of the molecule is Cc1ccc(/C(=N\O)c2ccc(C(C)(C)C)cc2C)cc1. The van der Waals surface area contributed by atoms with Gasteiger partial charge in [-0.05, 0) is 30.4 Å². The van der Waals surface area contributed by atoms with Crippen molar-refractivity contribution in [1.29, 1.82) is 0 Å². The van der Waals surface area contributed by atoms with Gasteiger partial charge in [0.1, 0.15) is 5.71 Å². The van der Waals surface area contributed by atoms with Crippen LogP contribution < -0.4 is 0 Å². The Kier molecular flexibility index (Phi) is 4.17. The lowest BCUT2D eigenvalue weighted by Crippen LogP contribution is -2.13. The molecule has 0 unspecified atom stereocenters. The van der Waals surface area contributed by atoms with Crippen LogP contribution in [0.2, 0.25) is 0 Å². The van der Waals surface area contributed by atoms with Crippen LogP contribution in [0, 0.1) is 13.8 Å². The van der Waals surface area contributed by atoms with Gasteiger partial charge in [0.2, 0.25) is 0 Å². The van der Waals surface area contributed by atoms with Gasteiger partial charge in [-0.15, -0.1) is 0 Å². The van der Waals surface area contributed by atoms with Gasteiger partial charge in [-0.2, -0.15) is 0 Å². The van der Waals surface area contributed by atoms with E-state index in [4.69, 9.17) is 0 Å². The summed E-state index contributed by atoms with van der Waals surface area (Å²) in [5.41, 5.74) is 6.22. The van der Waals surface area contributed by atoms with Crippen molar-refractivity contribution in [3.05, 3.63) is 70.3 Å². The molecule has 0 bridgehead atoms. The quantitative estimate of drug-likeness (QED) is 0.477. The van der Waals surface area contributed by atoms with Gasteiger partial charge in [0, 0.05) is 11.1 Å². The van der Waals surface area contributed by atoms with E-state index >= 15 is 0 Å². The molecule has 2 nitrogen and oxygen atoms in total. The van der Waals surface area contributed by atoms with Gasteiger partial charge in [0.05, 0.1) is 0 Å². The molecule has 0 heterocycles. The fourth-order valence-electron chi connectivity index (χ4n) is 2.37. The summed E-state index contributed by atoms with van der Waals surface area (Å²) < 4.78 is 0. The minimum atomic E-state index is 0.115. The predicted molar refractivity (Wildman–Crippen MR) is 88.5 cm³/mol. The predicted octanol–water partition coefficient (Wildman–Crippen LogP) is 4.83. The summed E-state index contributed by atoms with van der Waals surface area (Å²) in [5.74, 6) is 0. The summed E-state index contributed by atoms with van der Waals surface area (Å²) in [6.45, 7) is 10.7. The van der Waals surface area contributed by atoms with Crippen LogP contribution in [0.4, 0.5) is 0 Å². The molecule has 2 aromatic rings. The third kappa shape index (κ3) is 3.33. The molecule has 110 valence electrons. The Bertz CT molecular complexity index is 661. The first kappa shape index (κ1) is 15.3. The molecule has 2 rings (SSSR count). The second kappa shape index (κ2) is 5.72. The summed E-state index contributed by atoms with van der Waals surface area (Å²) in [5, 5.41) is 13.0. The molecular formula is C19H23NO. The second-order valence-corrected chi connectivity index (χ2v) is 6.59. The molecule has 0 saturated carbocycles. The number of hydrogen-bond donors (Lipinski definition) is 1. The number of hydrogen-bond acceptors (Lipinski definition) is 2. The molecule has 2 aromatic carbocycles. The van der Waals surface area contributed by atoms with Crippen molar-refractivity contribution in [1.82, 2.24) is 0 Å². The van der Waals surface area contributed by atoms with E-state index in [1.54, 1.807) is 0 Å². The number of rotatable bonds is 2. The molecule has 0 aromatic heterocycles. The standard InChI is InChI=1S/C19H23NO/c1-13-6-8-15(9-7-13)18(20-21)17-11-10-16(12-14(17)2)19(3,4)5/h6-12,21H,1-5H3/b20-18+. The molecule has 0 fully saturated rings. The molecule has 0 atom stereocenters. The van der Waals surface area contributed by atoms with Gasteiger partial charge in [-0.25, -0.2) is 0 Å². The Morgan fingerprint density at radius 1 is 0.952 bits per heavy atom. The maximum Gasteiger partial charge on any atom is 0.117 e. The van der Waals surface area contributed by atoms with E-state index in [0.29, 0.717) is 5.71 Å². The molecule has 0 aliphatic rings. The van der Waals surface area contributed by atoms with Gasteiger partial charge in [0.25, 0.3) is 0 Å². The topological polar surface area (TPSA) is 32.6 Å². The van der Waals surface area contributed by atoms with E-state index in [-0.39, 0.29) is 5.41 Å². The van der Waals surface area contributed by atoms with Crippen LogP contribution in [0.5, 0.6) is 0 Å². The average Bonchev–Trinajstić information content (AvgIpc) is 2.42. The third-order valence-corrected chi connectivity index (χ3v) is 3.77. The molecule has 0 aliphatic heterocycles. The lowest BCUT2D eigenvalue weighted by atomic mass is 9.84. The Morgan fingerprint density at radius 2 is 1.57 bits per heavy atom. The van der Waals surface area contributed by atoms with Crippen LogP contribution in [0.1, 0.15) is 48.6 Å². The van der Waals surface area contributed by atoms with Crippen LogP contribution in [-0.4, -0.2) is 10.9 Å². The van der Waals surface area contributed by atoms with Crippen LogP contribution >= 0.6 is 0 Å². The lowest BCUT2D eigenvalue weighted by Gasteiger charge is -2.20. The third-order valence-electron chi connectivity index (χ3n) is 3.77. The summed E-state index contributed by atoms with van der Waals surface area (Å²) in [6.07, 6.45) is 0. The maximum atomic E-state index is 9.44.